The number of rotatable bonds is 5. The molecule has 106 valence electrons. The lowest BCUT2D eigenvalue weighted by molar-refractivity contribution is 0.0691. The molecule has 2 aromatic rings. The minimum absolute atomic E-state index is 0.0354. The number of ketones is 1. The van der Waals surface area contributed by atoms with Crippen LogP contribution in [0.25, 0.3) is 0 Å². The van der Waals surface area contributed by atoms with Crippen LogP contribution in [-0.4, -0.2) is 35.2 Å². The Labute approximate surface area is 117 Å². The Bertz CT molecular complexity index is 774. The number of aromatic amines is 1. The summed E-state index contributed by atoms with van der Waals surface area (Å²) in [5.41, 5.74) is -0.0815. The number of nitrogens with one attached hydrogen (secondary N) is 2. The van der Waals surface area contributed by atoms with Crippen LogP contribution in [0.15, 0.2) is 22.5 Å². The second kappa shape index (κ2) is 5.06. The number of thiazole rings is 1. The lowest BCUT2D eigenvalue weighted by atomic mass is 10.4. The maximum atomic E-state index is 12.0. The summed E-state index contributed by atoms with van der Waals surface area (Å²) in [6, 6.07) is 0.990. The third kappa shape index (κ3) is 2.86. The number of carboxylic acids is 1. The Balaban J connectivity index is 2.25. The predicted molar refractivity (Wildman–Crippen MR) is 70.7 cm³/mol. The molecule has 0 spiro atoms. The number of carboxylic acid groups (broad SMARTS) is 1. The van der Waals surface area contributed by atoms with E-state index in [1.165, 1.54) is 12.3 Å². The van der Waals surface area contributed by atoms with Crippen molar-refractivity contribution in [3.63, 3.8) is 0 Å². The monoisotopic (exact) mass is 315 g/mol. The van der Waals surface area contributed by atoms with Gasteiger partial charge >= 0.3 is 5.97 Å². The van der Waals surface area contributed by atoms with Crippen molar-refractivity contribution in [3.05, 3.63) is 29.0 Å². The molecular weight excluding hydrogens is 306 g/mol. The number of Topliss-reactive ketones (excluding diaryl/α,β-unsaturated/α-hetero) is 1. The van der Waals surface area contributed by atoms with Crippen LogP contribution in [0.5, 0.6) is 0 Å². The van der Waals surface area contributed by atoms with Crippen LogP contribution >= 0.6 is 11.3 Å². The smallest absolute Gasteiger partial charge is 0.352 e. The molecule has 0 aliphatic rings. The number of hydrogen-bond acceptors (Lipinski definition) is 6. The average molecular weight is 315 g/mol. The maximum absolute atomic E-state index is 12.0. The fourth-order valence-electron chi connectivity index (χ4n) is 1.31. The van der Waals surface area contributed by atoms with Gasteiger partial charge in [0.2, 0.25) is 0 Å². The van der Waals surface area contributed by atoms with E-state index in [1.54, 1.807) is 0 Å². The van der Waals surface area contributed by atoms with Crippen LogP contribution < -0.4 is 4.72 Å². The highest BCUT2D eigenvalue weighted by molar-refractivity contribution is 7.93. The standard InChI is InChI=1S/C10H9N3O5S2/c1-5(14)8-4-19-10(12-8)13-20(17,18)6-2-7(9(15)16)11-3-6/h2-4,11H,1H3,(H,12,13)(H,15,16). The first-order valence-electron chi connectivity index (χ1n) is 5.20. The van der Waals surface area contributed by atoms with Crippen LogP contribution in [0.4, 0.5) is 5.13 Å². The van der Waals surface area contributed by atoms with E-state index in [1.807, 2.05) is 0 Å². The number of anilines is 1. The lowest BCUT2D eigenvalue weighted by Crippen LogP contribution is -2.12. The molecule has 10 heteroatoms. The van der Waals surface area contributed by atoms with E-state index in [4.69, 9.17) is 5.11 Å². The van der Waals surface area contributed by atoms with Gasteiger partial charge in [-0.1, -0.05) is 0 Å². The molecule has 0 saturated heterocycles. The summed E-state index contributed by atoms with van der Waals surface area (Å²) in [6.45, 7) is 1.32. The van der Waals surface area contributed by atoms with Crippen LogP contribution in [0.1, 0.15) is 27.9 Å². The number of hydrogen-bond donors (Lipinski definition) is 3. The lowest BCUT2D eigenvalue weighted by Gasteiger charge is -2.01. The molecule has 3 N–H and O–H groups in total. The van der Waals surface area contributed by atoms with Gasteiger partial charge in [-0.25, -0.2) is 18.2 Å². The van der Waals surface area contributed by atoms with E-state index in [0.29, 0.717) is 0 Å². The second-order valence-corrected chi connectivity index (χ2v) is 6.29. The van der Waals surface area contributed by atoms with Crippen molar-refractivity contribution < 1.29 is 23.1 Å². The van der Waals surface area contributed by atoms with Gasteiger partial charge in [-0.3, -0.25) is 9.52 Å². The Morgan fingerprint density at radius 2 is 2.15 bits per heavy atom. The largest absolute Gasteiger partial charge is 0.477 e. The van der Waals surface area contributed by atoms with Gasteiger partial charge in [0.1, 0.15) is 16.3 Å². The molecule has 8 nitrogen and oxygen atoms in total. The highest BCUT2D eigenvalue weighted by Gasteiger charge is 2.20. The Morgan fingerprint density at radius 1 is 1.45 bits per heavy atom. The van der Waals surface area contributed by atoms with E-state index < -0.39 is 16.0 Å². The number of aromatic carboxylic acids is 1. The zero-order valence-corrected chi connectivity index (χ0v) is 11.7. The molecule has 0 amide bonds. The molecule has 0 atom stereocenters. The number of sulfonamides is 1. The first-order valence-corrected chi connectivity index (χ1v) is 7.57. The Kier molecular flexibility index (Phi) is 3.59. The fourth-order valence-corrected chi connectivity index (χ4v) is 3.30. The Morgan fingerprint density at radius 3 is 2.65 bits per heavy atom. The first kappa shape index (κ1) is 14.2. The average Bonchev–Trinajstić information content (AvgIpc) is 2.95. The van der Waals surface area contributed by atoms with Crippen molar-refractivity contribution in [1.29, 1.82) is 0 Å². The van der Waals surface area contributed by atoms with Gasteiger partial charge in [0.25, 0.3) is 10.0 Å². The minimum Gasteiger partial charge on any atom is -0.477 e. The fraction of sp³-hybridized carbons (Fsp3) is 0.100. The summed E-state index contributed by atoms with van der Waals surface area (Å²) < 4.78 is 26.1. The second-order valence-electron chi connectivity index (χ2n) is 3.75. The highest BCUT2D eigenvalue weighted by atomic mass is 32.2. The third-order valence-corrected chi connectivity index (χ3v) is 4.49. The molecule has 2 heterocycles. The van der Waals surface area contributed by atoms with Gasteiger partial charge in [-0.15, -0.1) is 11.3 Å². The molecule has 2 aromatic heterocycles. The number of aromatic nitrogens is 2. The van der Waals surface area contributed by atoms with Crippen molar-refractivity contribution >= 4 is 38.2 Å². The van der Waals surface area contributed by atoms with Crippen LogP contribution in [0.3, 0.4) is 0 Å². The molecule has 0 fully saturated rings. The zero-order chi connectivity index (χ0) is 14.9. The van der Waals surface area contributed by atoms with Gasteiger partial charge in [0, 0.05) is 18.5 Å². The van der Waals surface area contributed by atoms with Gasteiger partial charge < -0.3 is 10.1 Å². The topological polar surface area (TPSA) is 129 Å². The van der Waals surface area contributed by atoms with Gasteiger partial charge in [-0.05, 0) is 6.07 Å². The molecule has 0 aliphatic carbocycles. The molecule has 0 saturated carbocycles. The Hall–Kier alpha value is -2.20. The molecule has 0 aromatic carbocycles. The van der Waals surface area contributed by atoms with Gasteiger partial charge in [0.05, 0.1) is 0 Å². The molecular formula is C10H9N3O5S2. The van der Waals surface area contributed by atoms with Crippen LogP contribution in [0.2, 0.25) is 0 Å². The molecule has 0 aliphatic heterocycles. The number of carbonyl (C=O) groups excluding carboxylic acids is 1. The first-order chi connectivity index (χ1) is 9.29. The summed E-state index contributed by atoms with van der Waals surface area (Å²) >= 11 is 0.964. The number of nitrogens with zero attached hydrogens (tertiary/aromatic N) is 1. The summed E-state index contributed by atoms with van der Waals surface area (Å²) in [5.74, 6) is -1.54. The normalized spacial score (nSPS) is 11.2. The van der Waals surface area contributed by atoms with E-state index in [0.717, 1.165) is 23.6 Å². The van der Waals surface area contributed by atoms with Crippen molar-refractivity contribution in [3.8, 4) is 0 Å². The third-order valence-electron chi connectivity index (χ3n) is 2.28. The number of carbonyl (C=O) groups is 2. The summed E-state index contributed by atoms with van der Waals surface area (Å²) in [7, 11) is -3.95. The molecule has 0 radical (unpaired) electrons. The van der Waals surface area contributed by atoms with E-state index >= 15 is 0 Å². The molecule has 20 heavy (non-hydrogen) atoms. The predicted octanol–water partition coefficient (Wildman–Crippen LogP) is 1.17. The minimum atomic E-state index is -3.95. The quantitative estimate of drug-likeness (QED) is 0.710. The molecule has 0 unspecified atom stereocenters. The van der Waals surface area contributed by atoms with E-state index in [9.17, 15) is 18.0 Å². The number of H-pyrrole nitrogens is 1. The van der Waals surface area contributed by atoms with Crippen LogP contribution in [-0.2, 0) is 10.0 Å². The van der Waals surface area contributed by atoms with Crippen molar-refractivity contribution in [2.45, 2.75) is 11.8 Å². The van der Waals surface area contributed by atoms with Crippen LogP contribution in [0, 0.1) is 0 Å². The zero-order valence-electron chi connectivity index (χ0n) is 10.1. The van der Waals surface area contributed by atoms with Gasteiger partial charge in [0.15, 0.2) is 10.9 Å². The van der Waals surface area contributed by atoms with E-state index in [2.05, 4.69) is 14.7 Å². The summed E-state index contributed by atoms with van der Waals surface area (Å²) in [5, 5.41) is 10.2. The van der Waals surface area contributed by atoms with Crippen molar-refractivity contribution in [2.24, 2.45) is 0 Å². The van der Waals surface area contributed by atoms with Crippen molar-refractivity contribution in [2.75, 3.05) is 4.72 Å². The van der Waals surface area contributed by atoms with Crippen molar-refractivity contribution in [1.82, 2.24) is 9.97 Å². The summed E-state index contributed by atoms with van der Waals surface area (Å²) in [6.07, 6.45) is 1.06. The highest BCUT2D eigenvalue weighted by Crippen LogP contribution is 2.20. The van der Waals surface area contributed by atoms with E-state index in [-0.39, 0.29) is 27.2 Å². The van der Waals surface area contributed by atoms with Gasteiger partial charge in [-0.2, -0.15) is 0 Å². The molecule has 0 bridgehead atoms. The SMILES string of the molecule is CC(=O)c1csc(NS(=O)(=O)c2c[nH]c(C(=O)O)c2)n1. The summed E-state index contributed by atoms with van der Waals surface area (Å²) in [4.78, 5) is 27.7. The maximum Gasteiger partial charge on any atom is 0.352 e. The molecule has 2 rings (SSSR count).